The fraction of sp³-hybridized carbons (Fsp3) is 0. The summed E-state index contributed by atoms with van der Waals surface area (Å²) in [6, 6.07) is 67.2. The molecule has 0 aliphatic heterocycles. The van der Waals surface area contributed by atoms with E-state index < -0.39 is 0 Å². The molecule has 5 heteroatoms. The van der Waals surface area contributed by atoms with Crippen LogP contribution >= 0.6 is 0 Å². The summed E-state index contributed by atoms with van der Waals surface area (Å²) in [4.78, 5) is 10.3. The maximum atomic E-state index is 6.46. The summed E-state index contributed by atoms with van der Waals surface area (Å²) in [7, 11) is 0. The Labute approximate surface area is 322 Å². The lowest BCUT2D eigenvalue weighted by Gasteiger charge is -2.11. The molecule has 4 aromatic heterocycles. The van der Waals surface area contributed by atoms with Gasteiger partial charge in [0.15, 0.2) is 5.82 Å². The van der Waals surface area contributed by atoms with Crippen molar-refractivity contribution in [3.63, 3.8) is 0 Å². The third-order valence-electron chi connectivity index (χ3n) is 10.6. The summed E-state index contributed by atoms with van der Waals surface area (Å²) in [5, 5.41) is 9.90. The van der Waals surface area contributed by atoms with E-state index in [0.29, 0.717) is 5.82 Å². The highest BCUT2D eigenvalue weighted by Gasteiger charge is 2.22. The van der Waals surface area contributed by atoms with Gasteiger partial charge in [0.05, 0.1) is 22.6 Å². The van der Waals surface area contributed by atoms with Gasteiger partial charge in [-0.25, -0.2) is 14.5 Å². The monoisotopic (exact) mass is 716 g/mol. The summed E-state index contributed by atoms with van der Waals surface area (Å²) in [5.74, 6) is 0.655. The van der Waals surface area contributed by atoms with E-state index in [1.54, 1.807) is 0 Å². The minimum atomic E-state index is 0.655. The molecule has 4 heterocycles. The second kappa shape index (κ2) is 13.0. The van der Waals surface area contributed by atoms with E-state index in [0.717, 1.165) is 94.6 Å². The largest absolute Gasteiger partial charge is 0.455 e. The molecule has 0 fully saturated rings. The van der Waals surface area contributed by atoms with Crippen molar-refractivity contribution in [3.05, 3.63) is 194 Å². The number of pyridine rings is 1. The molecule has 0 spiro atoms. The van der Waals surface area contributed by atoms with Crippen LogP contribution < -0.4 is 0 Å². The Morgan fingerprint density at radius 1 is 0.429 bits per heavy atom. The maximum absolute atomic E-state index is 6.46. The lowest BCUT2D eigenvalue weighted by Crippen LogP contribution is -1.96. The van der Waals surface area contributed by atoms with Gasteiger partial charge in [0.25, 0.3) is 0 Å². The normalized spacial score (nSPS) is 11.6. The molecule has 0 amide bonds. The van der Waals surface area contributed by atoms with Crippen LogP contribution in [0, 0.1) is 0 Å². The number of furan rings is 1. The lowest BCUT2D eigenvalue weighted by atomic mass is 9.96. The molecule has 262 valence electrons. The molecule has 56 heavy (non-hydrogen) atoms. The Morgan fingerprint density at radius 3 is 1.80 bits per heavy atom. The fourth-order valence-corrected chi connectivity index (χ4v) is 7.98. The number of hydrogen-bond acceptors (Lipinski definition) is 4. The lowest BCUT2D eigenvalue weighted by molar-refractivity contribution is 0.670. The van der Waals surface area contributed by atoms with Crippen LogP contribution in [0.15, 0.2) is 199 Å². The Balaban J connectivity index is 1.10. The molecule has 5 nitrogen and oxygen atoms in total. The predicted octanol–water partition coefficient (Wildman–Crippen LogP) is 13.2. The number of aromatic nitrogens is 4. The van der Waals surface area contributed by atoms with Gasteiger partial charge in [0.1, 0.15) is 16.9 Å². The second-order valence-corrected chi connectivity index (χ2v) is 14.0. The molecule has 7 aromatic carbocycles. The number of para-hydroxylation sites is 2. The van der Waals surface area contributed by atoms with Crippen molar-refractivity contribution >= 4 is 38.2 Å². The van der Waals surface area contributed by atoms with Crippen molar-refractivity contribution in [2.24, 2.45) is 0 Å². The van der Waals surface area contributed by atoms with Crippen LogP contribution in [-0.2, 0) is 0 Å². The molecule has 0 saturated carbocycles. The second-order valence-electron chi connectivity index (χ2n) is 14.0. The predicted molar refractivity (Wildman–Crippen MR) is 228 cm³/mol. The minimum Gasteiger partial charge on any atom is -0.455 e. The SMILES string of the molecule is c1ccc(-c2nc(-c3ccc(-c4nn5c(-c6ccccc6)cc6ccccc6c5c4-c4ccccc4)cc3)cc(-c3cccc4c3oc3ccccc34)n2)cc1. The molecule has 11 aromatic rings. The van der Waals surface area contributed by atoms with Gasteiger partial charge >= 0.3 is 0 Å². The number of fused-ring (bicyclic) bond motifs is 6. The van der Waals surface area contributed by atoms with Crippen LogP contribution in [0.3, 0.4) is 0 Å². The average Bonchev–Trinajstić information content (AvgIpc) is 3.87. The number of hydrogen-bond donors (Lipinski definition) is 0. The minimum absolute atomic E-state index is 0.655. The standard InChI is InChI=1S/C51H32N4O/c1-4-15-34(16-5-1)45-31-38-21-10-11-22-39(38)49-47(35-17-6-2-7-18-35)48(54-55(45)49)36-29-27-33(28-30-36)43-32-44(53-51(52-43)37-19-8-3-9-20-37)42-25-14-24-41-40-23-12-13-26-46(40)56-50(41)42/h1-32H. The van der Waals surface area contributed by atoms with Crippen LogP contribution in [0.4, 0.5) is 0 Å². The van der Waals surface area contributed by atoms with Crippen LogP contribution in [0.5, 0.6) is 0 Å². The zero-order chi connectivity index (χ0) is 37.0. The van der Waals surface area contributed by atoms with Gasteiger partial charge in [0, 0.05) is 49.5 Å². The summed E-state index contributed by atoms with van der Waals surface area (Å²) in [6.07, 6.45) is 0. The van der Waals surface area contributed by atoms with Gasteiger partial charge in [-0.15, -0.1) is 0 Å². The molecular formula is C51H32N4O. The van der Waals surface area contributed by atoms with E-state index >= 15 is 0 Å². The van der Waals surface area contributed by atoms with Gasteiger partial charge in [-0.1, -0.05) is 170 Å². The molecule has 0 aliphatic rings. The van der Waals surface area contributed by atoms with Crippen LogP contribution in [0.25, 0.3) is 106 Å². The molecule has 0 aliphatic carbocycles. The third kappa shape index (κ3) is 5.29. The topological polar surface area (TPSA) is 56.2 Å². The van der Waals surface area contributed by atoms with E-state index in [-0.39, 0.29) is 0 Å². The third-order valence-corrected chi connectivity index (χ3v) is 10.6. The quantitative estimate of drug-likeness (QED) is 0.172. The number of nitrogens with zero attached hydrogens (tertiary/aromatic N) is 4. The molecule has 0 bridgehead atoms. The molecule has 0 unspecified atom stereocenters. The molecule has 11 rings (SSSR count). The van der Waals surface area contributed by atoms with Crippen molar-refractivity contribution in [3.8, 4) is 67.5 Å². The smallest absolute Gasteiger partial charge is 0.160 e. The highest BCUT2D eigenvalue weighted by molar-refractivity contribution is 6.10. The summed E-state index contributed by atoms with van der Waals surface area (Å²) >= 11 is 0. The zero-order valence-electron chi connectivity index (χ0n) is 30.2. The van der Waals surface area contributed by atoms with Gasteiger partial charge in [-0.2, -0.15) is 5.10 Å². The molecule has 0 atom stereocenters. The highest BCUT2D eigenvalue weighted by atomic mass is 16.3. The number of benzene rings is 7. The van der Waals surface area contributed by atoms with Crippen molar-refractivity contribution in [1.82, 2.24) is 19.6 Å². The van der Waals surface area contributed by atoms with Crippen LogP contribution in [0.1, 0.15) is 0 Å². The molecule has 0 N–H and O–H groups in total. The molecule has 0 saturated heterocycles. The van der Waals surface area contributed by atoms with Gasteiger partial charge in [-0.05, 0) is 35.2 Å². The highest BCUT2D eigenvalue weighted by Crippen LogP contribution is 2.42. The van der Waals surface area contributed by atoms with E-state index in [1.807, 2.05) is 36.4 Å². The Bertz CT molecular complexity index is 3220. The maximum Gasteiger partial charge on any atom is 0.160 e. The molecule has 0 radical (unpaired) electrons. The summed E-state index contributed by atoms with van der Waals surface area (Å²) in [6.45, 7) is 0. The first-order chi connectivity index (χ1) is 27.8. The Hall–Kier alpha value is -7.63. The fourth-order valence-electron chi connectivity index (χ4n) is 7.98. The Kier molecular flexibility index (Phi) is 7.42. The van der Waals surface area contributed by atoms with Crippen LogP contribution in [0.2, 0.25) is 0 Å². The van der Waals surface area contributed by atoms with Crippen molar-refractivity contribution in [2.45, 2.75) is 0 Å². The van der Waals surface area contributed by atoms with E-state index in [2.05, 4.69) is 162 Å². The zero-order valence-corrected chi connectivity index (χ0v) is 30.2. The van der Waals surface area contributed by atoms with Gasteiger partial charge in [-0.3, -0.25) is 0 Å². The van der Waals surface area contributed by atoms with E-state index in [4.69, 9.17) is 19.5 Å². The van der Waals surface area contributed by atoms with E-state index in [9.17, 15) is 0 Å². The first kappa shape index (κ1) is 31.9. The average molecular weight is 717 g/mol. The van der Waals surface area contributed by atoms with Gasteiger partial charge in [0.2, 0.25) is 0 Å². The number of rotatable bonds is 6. The van der Waals surface area contributed by atoms with Crippen molar-refractivity contribution in [1.29, 1.82) is 0 Å². The van der Waals surface area contributed by atoms with Crippen LogP contribution in [-0.4, -0.2) is 19.6 Å². The summed E-state index contributed by atoms with van der Waals surface area (Å²) < 4.78 is 8.59. The van der Waals surface area contributed by atoms with Crippen molar-refractivity contribution in [2.75, 3.05) is 0 Å². The first-order valence-corrected chi connectivity index (χ1v) is 18.8. The molecular weight excluding hydrogens is 685 g/mol. The van der Waals surface area contributed by atoms with E-state index in [1.165, 1.54) is 5.39 Å². The summed E-state index contributed by atoms with van der Waals surface area (Å²) in [5.41, 5.74) is 13.5. The first-order valence-electron chi connectivity index (χ1n) is 18.8. The Morgan fingerprint density at radius 2 is 1.04 bits per heavy atom. The van der Waals surface area contributed by atoms with Gasteiger partial charge < -0.3 is 4.42 Å². The van der Waals surface area contributed by atoms with Crippen molar-refractivity contribution < 1.29 is 4.42 Å².